The molecule has 1 aromatic carbocycles. The summed E-state index contributed by atoms with van der Waals surface area (Å²) in [5.74, 6) is -1.07. The van der Waals surface area contributed by atoms with Gasteiger partial charge in [0.25, 0.3) is 0 Å². The lowest BCUT2D eigenvalue weighted by Crippen LogP contribution is -2.57. The first-order valence-electron chi connectivity index (χ1n) is 13.0. The van der Waals surface area contributed by atoms with E-state index in [4.69, 9.17) is 0 Å². The van der Waals surface area contributed by atoms with Crippen LogP contribution in [-0.2, 0) is 30.5 Å². The molecule has 4 rings (SSSR count). The number of hydrogen-bond donors (Lipinski definition) is 5. The second-order valence-electron chi connectivity index (χ2n) is 10.1. The number of likely N-dealkylation sites (N-methyl/N-ethyl adjacent to an activating group) is 1. The molecular formula is C26H36N6O5. The molecule has 11 heteroatoms. The van der Waals surface area contributed by atoms with Crippen LogP contribution in [0.5, 0.6) is 0 Å². The maximum absolute atomic E-state index is 13.5. The Kier molecular flexibility index (Phi) is 8.42. The van der Waals surface area contributed by atoms with Gasteiger partial charge in [0, 0.05) is 18.3 Å². The molecule has 5 atom stereocenters. The minimum atomic E-state index is -0.639. The molecule has 5 unspecified atom stereocenters. The summed E-state index contributed by atoms with van der Waals surface area (Å²) in [7, 11) is 1.69. The standard InChI is InChI=1S/C26H36N6O5/c1-15(27-2)23(34)31-19-9-4-3-8-18-10-11-21(32(18)26(19)37)25(36)28-14-16-6-5-7-17(12-16)29-24(35)20-13-22(33)30-20/h5-7,12,15,18-21,27H,3-4,8-11,13-14H2,1-2H3,(H,28,36)(H,29,35)(H,30,33)(H,31,34). The van der Waals surface area contributed by atoms with Crippen molar-refractivity contribution in [2.45, 2.75) is 88.6 Å². The van der Waals surface area contributed by atoms with Gasteiger partial charge in [-0.1, -0.05) is 25.0 Å². The Morgan fingerprint density at radius 2 is 1.84 bits per heavy atom. The third-order valence-corrected chi connectivity index (χ3v) is 7.48. The summed E-state index contributed by atoms with van der Waals surface area (Å²) < 4.78 is 0. The van der Waals surface area contributed by atoms with Crippen LogP contribution < -0.4 is 26.6 Å². The third kappa shape index (κ3) is 6.27. The number of benzene rings is 1. The number of amides is 5. The quantitative estimate of drug-likeness (QED) is 0.313. The van der Waals surface area contributed by atoms with Crippen molar-refractivity contribution in [1.29, 1.82) is 0 Å². The van der Waals surface area contributed by atoms with E-state index in [-0.39, 0.29) is 48.5 Å². The molecule has 1 aromatic rings. The minimum Gasteiger partial charge on any atom is -0.350 e. The smallest absolute Gasteiger partial charge is 0.247 e. The van der Waals surface area contributed by atoms with Crippen LogP contribution in [0.4, 0.5) is 5.69 Å². The van der Waals surface area contributed by atoms with Gasteiger partial charge in [-0.15, -0.1) is 0 Å². The van der Waals surface area contributed by atoms with Crippen molar-refractivity contribution in [2.24, 2.45) is 0 Å². The normalized spacial score (nSPS) is 26.1. The predicted octanol–water partition coefficient (Wildman–Crippen LogP) is 0.156. The Labute approximate surface area is 216 Å². The molecule has 0 aliphatic carbocycles. The fraction of sp³-hybridized carbons (Fsp3) is 0.577. The van der Waals surface area contributed by atoms with Crippen LogP contribution in [0.3, 0.4) is 0 Å². The summed E-state index contributed by atoms with van der Waals surface area (Å²) in [5, 5.41) is 14.0. The Balaban J connectivity index is 1.37. The van der Waals surface area contributed by atoms with Gasteiger partial charge in [0.05, 0.1) is 12.5 Å². The van der Waals surface area contributed by atoms with Crippen LogP contribution in [0.2, 0.25) is 0 Å². The SMILES string of the molecule is CNC(C)C(=O)NC1CCCCC2CCC(C(=O)NCc3cccc(NC(=O)C4CC(=O)N4)c3)N2C1=O. The first-order chi connectivity index (χ1) is 17.8. The van der Waals surface area contributed by atoms with E-state index in [1.54, 1.807) is 37.1 Å². The number of β-lactam (4-membered cyclic amide) rings is 1. The predicted molar refractivity (Wildman–Crippen MR) is 136 cm³/mol. The molecule has 3 fully saturated rings. The molecule has 5 N–H and O–H groups in total. The molecule has 0 spiro atoms. The monoisotopic (exact) mass is 512 g/mol. The van der Waals surface area contributed by atoms with Crippen LogP contribution in [-0.4, -0.2) is 71.7 Å². The van der Waals surface area contributed by atoms with E-state index in [1.807, 2.05) is 6.07 Å². The van der Waals surface area contributed by atoms with Crippen LogP contribution in [0, 0.1) is 0 Å². The number of nitrogens with one attached hydrogen (secondary N) is 5. The lowest BCUT2D eigenvalue weighted by Gasteiger charge is -2.35. The van der Waals surface area contributed by atoms with Gasteiger partial charge in [0.2, 0.25) is 29.5 Å². The van der Waals surface area contributed by atoms with Gasteiger partial charge >= 0.3 is 0 Å². The number of nitrogens with zero attached hydrogens (tertiary/aromatic N) is 1. The summed E-state index contributed by atoms with van der Waals surface area (Å²) >= 11 is 0. The van der Waals surface area contributed by atoms with Gasteiger partial charge in [-0.25, -0.2) is 0 Å². The van der Waals surface area contributed by atoms with E-state index in [2.05, 4.69) is 26.6 Å². The van der Waals surface area contributed by atoms with Crippen molar-refractivity contribution in [3.05, 3.63) is 29.8 Å². The van der Waals surface area contributed by atoms with E-state index in [1.165, 1.54) is 0 Å². The Hall–Kier alpha value is -3.47. The second kappa shape index (κ2) is 11.7. The highest BCUT2D eigenvalue weighted by atomic mass is 16.2. The van der Waals surface area contributed by atoms with Crippen molar-refractivity contribution in [1.82, 2.24) is 26.2 Å². The zero-order valence-electron chi connectivity index (χ0n) is 21.3. The highest BCUT2D eigenvalue weighted by molar-refractivity contribution is 6.03. The number of anilines is 1. The molecule has 200 valence electrons. The Morgan fingerprint density at radius 1 is 1.08 bits per heavy atom. The minimum absolute atomic E-state index is 0.00443. The van der Waals surface area contributed by atoms with Crippen molar-refractivity contribution < 1.29 is 24.0 Å². The van der Waals surface area contributed by atoms with Gasteiger partial charge in [0.1, 0.15) is 18.1 Å². The van der Waals surface area contributed by atoms with Gasteiger partial charge < -0.3 is 31.5 Å². The van der Waals surface area contributed by atoms with Crippen LogP contribution >= 0.6 is 0 Å². The van der Waals surface area contributed by atoms with Gasteiger partial charge in [-0.2, -0.15) is 0 Å². The molecule has 0 saturated carbocycles. The molecule has 3 saturated heterocycles. The van der Waals surface area contributed by atoms with Crippen molar-refractivity contribution >= 4 is 35.2 Å². The number of fused-ring (bicyclic) bond motifs is 1. The molecular weight excluding hydrogens is 476 g/mol. The molecule has 3 aliphatic heterocycles. The summed E-state index contributed by atoms with van der Waals surface area (Å²) in [4.78, 5) is 64.1. The number of carbonyl (C=O) groups excluding carboxylic acids is 5. The maximum Gasteiger partial charge on any atom is 0.247 e. The van der Waals surface area contributed by atoms with Gasteiger partial charge in [-0.05, 0) is 57.4 Å². The second-order valence-corrected chi connectivity index (χ2v) is 10.1. The fourth-order valence-corrected chi connectivity index (χ4v) is 5.16. The molecule has 0 aromatic heterocycles. The largest absolute Gasteiger partial charge is 0.350 e. The lowest BCUT2D eigenvalue weighted by molar-refractivity contribution is -0.144. The Bertz CT molecular complexity index is 1050. The van der Waals surface area contributed by atoms with E-state index in [0.29, 0.717) is 18.5 Å². The highest BCUT2D eigenvalue weighted by Gasteiger charge is 2.44. The number of hydrogen-bond acceptors (Lipinski definition) is 6. The highest BCUT2D eigenvalue weighted by Crippen LogP contribution is 2.31. The first kappa shape index (κ1) is 26.6. The van der Waals surface area contributed by atoms with Crippen LogP contribution in [0.25, 0.3) is 0 Å². The van der Waals surface area contributed by atoms with Crippen LogP contribution in [0.15, 0.2) is 24.3 Å². The Morgan fingerprint density at radius 3 is 2.57 bits per heavy atom. The summed E-state index contributed by atoms with van der Waals surface area (Å²) in [6.07, 6.45) is 4.73. The van der Waals surface area contributed by atoms with E-state index in [0.717, 1.165) is 31.2 Å². The van der Waals surface area contributed by atoms with Crippen molar-refractivity contribution in [2.75, 3.05) is 12.4 Å². The van der Waals surface area contributed by atoms with E-state index in [9.17, 15) is 24.0 Å². The number of carbonyl (C=O) groups is 5. The van der Waals surface area contributed by atoms with Crippen molar-refractivity contribution in [3.63, 3.8) is 0 Å². The molecule has 3 heterocycles. The average molecular weight is 513 g/mol. The van der Waals surface area contributed by atoms with E-state index >= 15 is 0 Å². The fourth-order valence-electron chi connectivity index (χ4n) is 5.16. The van der Waals surface area contributed by atoms with Crippen LogP contribution in [0.1, 0.15) is 57.4 Å². The lowest BCUT2D eigenvalue weighted by atomic mass is 9.98. The summed E-state index contributed by atoms with van der Waals surface area (Å²) in [6, 6.07) is 4.98. The zero-order valence-corrected chi connectivity index (χ0v) is 21.3. The molecule has 0 radical (unpaired) electrons. The molecule has 0 bridgehead atoms. The first-order valence-corrected chi connectivity index (χ1v) is 13.0. The average Bonchev–Trinajstić information content (AvgIpc) is 3.28. The molecule has 11 nitrogen and oxygen atoms in total. The van der Waals surface area contributed by atoms with Crippen molar-refractivity contribution in [3.8, 4) is 0 Å². The summed E-state index contributed by atoms with van der Waals surface area (Å²) in [6.45, 7) is 1.98. The molecule has 3 aliphatic rings. The topological polar surface area (TPSA) is 149 Å². The third-order valence-electron chi connectivity index (χ3n) is 7.48. The van der Waals surface area contributed by atoms with Gasteiger partial charge in [-0.3, -0.25) is 24.0 Å². The molecule has 37 heavy (non-hydrogen) atoms. The van der Waals surface area contributed by atoms with E-state index < -0.39 is 24.2 Å². The summed E-state index contributed by atoms with van der Waals surface area (Å²) in [5.41, 5.74) is 1.37. The van der Waals surface area contributed by atoms with Gasteiger partial charge in [0.15, 0.2) is 0 Å². The molecule has 5 amide bonds. The zero-order chi connectivity index (χ0) is 26.5. The maximum atomic E-state index is 13.5. The number of rotatable bonds is 8.